The molecule has 0 radical (unpaired) electrons. The number of nitrogens with zero attached hydrogens (tertiary/aromatic N) is 5. The first-order chi connectivity index (χ1) is 11.6. The van der Waals surface area contributed by atoms with Gasteiger partial charge in [-0.2, -0.15) is 15.1 Å². The first kappa shape index (κ1) is 14.8. The van der Waals surface area contributed by atoms with E-state index in [0.717, 1.165) is 23.9 Å². The maximum Gasteiger partial charge on any atom is 0.227 e. The molecule has 8 heteroatoms. The molecule has 3 aromatic heterocycles. The number of aryl methyl sites for hydroxylation is 1. The van der Waals surface area contributed by atoms with Crippen LogP contribution < -0.4 is 11.1 Å². The lowest BCUT2D eigenvalue weighted by Crippen LogP contribution is -2.36. The summed E-state index contributed by atoms with van der Waals surface area (Å²) in [6.45, 7) is 0. The average Bonchev–Trinajstić information content (AvgIpc) is 2.93. The van der Waals surface area contributed by atoms with E-state index in [-0.39, 0.29) is 18.1 Å². The zero-order valence-corrected chi connectivity index (χ0v) is 13.3. The molecule has 0 aliphatic heterocycles. The maximum absolute atomic E-state index is 9.66. The maximum atomic E-state index is 9.66. The van der Waals surface area contributed by atoms with Crippen molar-refractivity contribution in [2.75, 3.05) is 11.1 Å². The summed E-state index contributed by atoms with van der Waals surface area (Å²) in [5, 5.41) is 17.9. The number of aliphatic hydroxyl groups excluding tert-OH is 1. The minimum atomic E-state index is -0.242. The summed E-state index contributed by atoms with van der Waals surface area (Å²) in [5.41, 5.74) is 7.61. The fraction of sp³-hybridized carbons (Fsp3) is 0.375. The summed E-state index contributed by atoms with van der Waals surface area (Å²) in [4.78, 5) is 13.3. The number of anilines is 2. The number of nitrogen functional groups attached to an aromatic ring is 1. The number of aliphatic hydroxyl groups is 1. The van der Waals surface area contributed by atoms with Crippen LogP contribution in [-0.2, 0) is 7.05 Å². The number of fused-ring (bicyclic) bond motifs is 1. The van der Waals surface area contributed by atoms with Crippen molar-refractivity contribution in [2.24, 2.45) is 13.0 Å². The van der Waals surface area contributed by atoms with E-state index in [1.807, 2.05) is 25.2 Å². The molecule has 24 heavy (non-hydrogen) atoms. The molecule has 0 saturated heterocycles. The van der Waals surface area contributed by atoms with Gasteiger partial charge < -0.3 is 16.2 Å². The molecular weight excluding hydrogens is 306 g/mol. The minimum absolute atomic E-state index is 0.0697. The van der Waals surface area contributed by atoms with E-state index >= 15 is 0 Å². The van der Waals surface area contributed by atoms with Crippen molar-refractivity contribution in [3.8, 4) is 0 Å². The molecule has 1 aliphatic carbocycles. The molecule has 0 unspecified atom stereocenters. The standard InChI is InChI=1S/C16H19N7O/c1-23-15-11(8-19-23)14(17)21-16(22-15)20-13(9-6-10(24)7-9)12-4-2-3-5-18-12/h2-5,8-10,13,24H,6-7H2,1H3,(H3,17,20,21,22)/t9?,10?,13-/m0/s1. The fourth-order valence-corrected chi connectivity index (χ4v) is 3.14. The highest BCUT2D eigenvalue weighted by Gasteiger charge is 2.36. The van der Waals surface area contributed by atoms with Crippen molar-refractivity contribution in [2.45, 2.75) is 25.0 Å². The molecule has 0 amide bonds. The number of hydrogen-bond donors (Lipinski definition) is 3. The van der Waals surface area contributed by atoms with Gasteiger partial charge in [-0.25, -0.2) is 0 Å². The van der Waals surface area contributed by atoms with Crippen LogP contribution in [0.25, 0.3) is 11.0 Å². The highest BCUT2D eigenvalue weighted by molar-refractivity contribution is 5.86. The lowest BCUT2D eigenvalue weighted by atomic mass is 9.76. The third kappa shape index (κ3) is 2.54. The molecule has 8 nitrogen and oxygen atoms in total. The lowest BCUT2D eigenvalue weighted by Gasteiger charge is -2.37. The summed E-state index contributed by atoms with van der Waals surface area (Å²) in [6, 6.07) is 5.73. The van der Waals surface area contributed by atoms with Gasteiger partial charge in [0.1, 0.15) is 5.82 Å². The van der Waals surface area contributed by atoms with Gasteiger partial charge in [-0.05, 0) is 30.9 Å². The highest BCUT2D eigenvalue weighted by Crippen LogP contribution is 2.39. The van der Waals surface area contributed by atoms with Gasteiger partial charge in [0.15, 0.2) is 5.65 Å². The van der Waals surface area contributed by atoms with Crippen LogP contribution in [0.1, 0.15) is 24.6 Å². The first-order valence-electron chi connectivity index (χ1n) is 7.92. The Bertz CT molecular complexity index is 857. The van der Waals surface area contributed by atoms with Crippen molar-refractivity contribution in [1.82, 2.24) is 24.7 Å². The van der Waals surface area contributed by atoms with E-state index in [4.69, 9.17) is 5.73 Å². The molecule has 1 fully saturated rings. The van der Waals surface area contributed by atoms with Gasteiger partial charge >= 0.3 is 0 Å². The van der Waals surface area contributed by atoms with Crippen molar-refractivity contribution in [1.29, 1.82) is 0 Å². The van der Waals surface area contributed by atoms with Crippen LogP contribution in [-0.4, -0.2) is 35.9 Å². The van der Waals surface area contributed by atoms with Gasteiger partial charge in [-0.1, -0.05) is 6.07 Å². The molecule has 4 rings (SSSR count). The van der Waals surface area contributed by atoms with Crippen LogP contribution in [0.2, 0.25) is 0 Å². The Hall–Kier alpha value is -2.74. The summed E-state index contributed by atoms with van der Waals surface area (Å²) in [6.07, 6.45) is 4.65. The van der Waals surface area contributed by atoms with E-state index in [9.17, 15) is 5.11 Å². The number of hydrogen-bond acceptors (Lipinski definition) is 7. The summed E-state index contributed by atoms with van der Waals surface area (Å²) in [7, 11) is 1.82. The fourth-order valence-electron chi connectivity index (χ4n) is 3.14. The summed E-state index contributed by atoms with van der Waals surface area (Å²) in [5.74, 6) is 1.12. The van der Waals surface area contributed by atoms with Gasteiger partial charge in [0.2, 0.25) is 5.95 Å². The quantitative estimate of drug-likeness (QED) is 0.661. The van der Waals surface area contributed by atoms with Crippen molar-refractivity contribution < 1.29 is 5.11 Å². The normalized spacial score (nSPS) is 21.4. The predicted molar refractivity (Wildman–Crippen MR) is 90.0 cm³/mol. The molecule has 3 heterocycles. The second-order valence-electron chi connectivity index (χ2n) is 6.20. The highest BCUT2D eigenvalue weighted by atomic mass is 16.3. The van der Waals surface area contributed by atoms with Crippen molar-refractivity contribution in [3.05, 3.63) is 36.3 Å². The van der Waals surface area contributed by atoms with Crippen LogP contribution >= 0.6 is 0 Å². The van der Waals surface area contributed by atoms with Crippen LogP contribution in [0.4, 0.5) is 11.8 Å². The molecule has 124 valence electrons. The number of nitrogens with two attached hydrogens (primary N) is 1. The van der Waals surface area contributed by atoms with Gasteiger partial charge in [-0.15, -0.1) is 0 Å². The SMILES string of the molecule is Cn1ncc2c(N)nc(N[C@H](c3ccccn3)C3CC(O)C3)nc21. The Morgan fingerprint density at radius 3 is 2.88 bits per heavy atom. The van der Waals surface area contributed by atoms with E-state index < -0.39 is 0 Å². The molecule has 3 aromatic rings. The zero-order chi connectivity index (χ0) is 16.7. The molecule has 4 N–H and O–H groups in total. The number of rotatable bonds is 4. The smallest absolute Gasteiger partial charge is 0.227 e. The number of aromatic nitrogens is 5. The molecule has 1 aliphatic rings. The van der Waals surface area contributed by atoms with E-state index in [1.165, 1.54) is 0 Å². The van der Waals surface area contributed by atoms with Gasteiger partial charge in [-0.3, -0.25) is 9.67 Å². The molecular formula is C16H19N7O. The molecule has 0 bridgehead atoms. The minimum Gasteiger partial charge on any atom is -0.393 e. The summed E-state index contributed by atoms with van der Waals surface area (Å²) >= 11 is 0. The van der Waals surface area contributed by atoms with Crippen LogP contribution in [0.3, 0.4) is 0 Å². The Balaban J connectivity index is 1.68. The van der Waals surface area contributed by atoms with E-state index in [2.05, 4.69) is 25.4 Å². The van der Waals surface area contributed by atoms with E-state index in [1.54, 1.807) is 17.1 Å². The second-order valence-corrected chi connectivity index (χ2v) is 6.20. The van der Waals surface area contributed by atoms with Crippen LogP contribution in [0.15, 0.2) is 30.6 Å². The third-order valence-corrected chi connectivity index (χ3v) is 4.53. The average molecular weight is 325 g/mol. The number of nitrogens with one attached hydrogen (secondary N) is 1. The van der Waals surface area contributed by atoms with Crippen LogP contribution in [0.5, 0.6) is 0 Å². The number of pyridine rings is 1. The predicted octanol–water partition coefficient (Wildman–Crippen LogP) is 1.26. The van der Waals surface area contributed by atoms with Crippen molar-refractivity contribution in [3.63, 3.8) is 0 Å². The monoisotopic (exact) mass is 325 g/mol. The third-order valence-electron chi connectivity index (χ3n) is 4.53. The Kier molecular flexibility index (Phi) is 3.53. The van der Waals surface area contributed by atoms with Gasteiger partial charge in [0.05, 0.1) is 29.4 Å². The van der Waals surface area contributed by atoms with Gasteiger partial charge in [0.25, 0.3) is 0 Å². The molecule has 1 atom stereocenters. The molecule has 1 saturated carbocycles. The lowest BCUT2D eigenvalue weighted by molar-refractivity contribution is 0.0333. The van der Waals surface area contributed by atoms with Crippen molar-refractivity contribution >= 4 is 22.8 Å². The topological polar surface area (TPSA) is 115 Å². The Labute approximate surface area is 138 Å². The zero-order valence-electron chi connectivity index (χ0n) is 13.3. The van der Waals surface area contributed by atoms with Gasteiger partial charge in [0, 0.05) is 13.2 Å². The first-order valence-corrected chi connectivity index (χ1v) is 7.92. The summed E-state index contributed by atoms with van der Waals surface area (Å²) < 4.78 is 1.67. The Morgan fingerprint density at radius 1 is 1.33 bits per heavy atom. The molecule has 0 aromatic carbocycles. The van der Waals surface area contributed by atoms with Crippen LogP contribution in [0, 0.1) is 5.92 Å². The largest absolute Gasteiger partial charge is 0.393 e. The van der Waals surface area contributed by atoms with E-state index in [0.29, 0.717) is 17.4 Å². The molecule has 0 spiro atoms. The Morgan fingerprint density at radius 2 is 2.17 bits per heavy atom. The second kappa shape index (κ2) is 5.72.